The average molecular weight is 269 g/mol. The van der Waals surface area contributed by atoms with Crippen LogP contribution in [0.2, 0.25) is 0 Å². The molecule has 19 heavy (non-hydrogen) atoms. The van der Waals surface area contributed by atoms with Crippen molar-refractivity contribution in [1.29, 1.82) is 0 Å². The zero-order valence-electron chi connectivity index (χ0n) is 11.0. The van der Waals surface area contributed by atoms with Gasteiger partial charge in [-0.2, -0.15) is 0 Å². The molecule has 1 aromatic heterocycles. The van der Waals surface area contributed by atoms with E-state index < -0.39 is 4.92 Å². The number of aliphatic hydroxyl groups is 1. The van der Waals surface area contributed by atoms with E-state index in [1.54, 1.807) is 0 Å². The fourth-order valence-electron chi connectivity index (χ4n) is 1.67. The summed E-state index contributed by atoms with van der Waals surface area (Å²) in [4.78, 5) is 14.5. The Bertz CT molecular complexity index is 438. The first-order valence-corrected chi connectivity index (χ1v) is 5.99. The number of hydrogen-bond acceptors (Lipinski definition) is 7. The van der Waals surface area contributed by atoms with Crippen molar-refractivity contribution in [2.75, 3.05) is 17.3 Å². The van der Waals surface area contributed by atoms with Gasteiger partial charge < -0.3 is 15.8 Å². The molecule has 1 rings (SSSR count). The van der Waals surface area contributed by atoms with Crippen LogP contribution in [0.15, 0.2) is 12.1 Å². The second-order valence-corrected chi connectivity index (χ2v) is 4.47. The van der Waals surface area contributed by atoms with Crippen LogP contribution >= 0.6 is 0 Å². The SMILES string of the molecule is CC(C)C(CCO)Nc1nc(NN)ccc1[N+](=O)[O-]. The van der Waals surface area contributed by atoms with Gasteiger partial charge in [0.1, 0.15) is 5.82 Å². The number of anilines is 2. The molecule has 0 amide bonds. The molecule has 0 radical (unpaired) electrons. The number of hydrogen-bond donors (Lipinski definition) is 4. The highest BCUT2D eigenvalue weighted by Crippen LogP contribution is 2.26. The lowest BCUT2D eigenvalue weighted by Gasteiger charge is -2.22. The van der Waals surface area contributed by atoms with E-state index in [4.69, 9.17) is 10.9 Å². The van der Waals surface area contributed by atoms with E-state index >= 15 is 0 Å². The van der Waals surface area contributed by atoms with Crippen molar-refractivity contribution in [3.63, 3.8) is 0 Å². The smallest absolute Gasteiger partial charge is 0.311 e. The van der Waals surface area contributed by atoms with E-state index in [1.165, 1.54) is 12.1 Å². The zero-order chi connectivity index (χ0) is 14.4. The van der Waals surface area contributed by atoms with Gasteiger partial charge in [0.05, 0.1) is 4.92 Å². The quantitative estimate of drug-likeness (QED) is 0.331. The fourth-order valence-corrected chi connectivity index (χ4v) is 1.67. The summed E-state index contributed by atoms with van der Waals surface area (Å²) in [6.07, 6.45) is 0.483. The van der Waals surface area contributed by atoms with Gasteiger partial charge in [0, 0.05) is 18.7 Å². The first kappa shape index (κ1) is 15.1. The number of nitrogens with two attached hydrogens (primary N) is 1. The number of hydrazine groups is 1. The van der Waals surface area contributed by atoms with E-state index in [-0.39, 0.29) is 30.1 Å². The molecular formula is C11H19N5O3. The molecule has 0 aliphatic carbocycles. The highest BCUT2D eigenvalue weighted by molar-refractivity contribution is 5.60. The van der Waals surface area contributed by atoms with E-state index in [0.29, 0.717) is 12.2 Å². The third-order valence-electron chi connectivity index (χ3n) is 2.79. The molecule has 8 heteroatoms. The lowest BCUT2D eigenvalue weighted by molar-refractivity contribution is -0.384. The van der Waals surface area contributed by atoms with Crippen molar-refractivity contribution < 1.29 is 10.0 Å². The van der Waals surface area contributed by atoms with Crippen molar-refractivity contribution in [1.82, 2.24) is 4.98 Å². The normalized spacial score (nSPS) is 12.3. The Morgan fingerprint density at radius 1 is 1.53 bits per heavy atom. The van der Waals surface area contributed by atoms with Crippen LogP contribution in [0.4, 0.5) is 17.3 Å². The van der Waals surface area contributed by atoms with Gasteiger partial charge in [0.25, 0.3) is 0 Å². The Morgan fingerprint density at radius 3 is 2.68 bits per heavy atom. The molecule has 0 spiro atoms. The summed E-state index contributed by atoms with van der Waals surface area (Å²) in [6, 6.07) is 2.66. The highest BCUT2D eigenvalue weighted by atomic mass is 16.6. The van der Waals surface area contributed by atoms with Crippen molar-refractivity contribution in [2.24, 2.45) is 11.8 Å². The van der Waals surface area contributed by atoms with Crippen LogP contribution in [0.1, 0.15) is 20.3 Å². The Hall–Kier alpha value is -1.93. The summed E-state index contributed by atoms with van der Waals surface area (Å²) in [5.41, 5.74) is 2.22. The topological polar surface area (TPSA) is 126 Å². The molecule has 106 valence electrons. The molecule has 0 aliphatic heterocycles. The third kappa shape index (κ3) is 4.04. The average Bonchev–Trinajstić information content (AvgIpc) is 2.37. The Kier molecular flexibility index (Phi) is 5.46. The van der Waals surface area contributed by atoms with Crippen molar-refractivity contribution in [2.45, 2.75) is 26.3 Å². The van der Waals surface area contributed by atoms with E-state index in [1.807, 2.05) is 13.8 Å². The van der Waals surface area contributed by atoms with E-state index in [0.717, 1.165) is 0 Å². The second kappa shape index (κ2) is 6.86. The maximum Gasteiger partial charge on any atom is 0.311 e. The molecule has 5 N–H and O–H groups in total. The minimum Gasteiger partial charge on any atom is -0.396 e. The molecule has 0 saturated heterocycles. The monoisotopic (exact) mass is 269 g/mol. The van der Waals surface area contributed by atoms with Gasteiger partial charge in [0.2, 0.25) is 5.82 Å². The lowest BCUT2D eigenvalue weighted by atomic mass is 10.0. The summed E-state index contributed by atoms with van der Waals surface area (Å²) >= 11 is 0. The van der Waals surface area contributed by atoms with Crippen molar-refractivity contribution >= 4 is 17.3 Å². The maximum absolute atomic E-state index is 11.0. The number of aromatic nitrogens is 1. The number of nitro groups is 1. The largest absolute Gasteiger partial charge is 0.396 e. The Morgan fingerprint density at radius 2 is 2.21 bits per heavy atom. The van der Waals surface area contributed by atoms with Crippen molar-refractivity contribution in [3.8, 4) is 0 Å². The summed E-state index contributed by atoms with van der Waals surface area (Å²) in [6.45, 7) is 3.92. The van der Waals surface area contributed by atoms with Gasteiger partial charge in [0.15, 0.2) is 0 Å². The first-order chi connectivity index (χ1) is 8.99. The molecule has 1 aromatic rings. The van der Waals surface area contributed by atoms with Gasteiger partial charge in [-0.3, -0.25) is 10.1 Å². The number of nitrogens with one attached hydrogen (secondary N) is 2. The predicted molar refractivity (Wildman–Crippen MR) is 72.7 cm³/mol. The van der Waals surface area contributed by atoms with Crippen LogP contribution in [0, 0.1) is 16.0 Å². The summed E-state index contributed by atoms with van der Waals surface area (Å²) < 4.78 is 0. The van der Waals surface area contributed by atoms with Crippen LogP contribution in [0.5, 0.6) is 0 Å². The number of nitrogen functional groups attached to an aromatic ring is 1. The van der Waals surface area contributed by atoms with Gasteiger partial charge >= 0.3 is 5.69 Å². The van der Waals surface area contributed by atoms with Gasteiger partial charge in [-0.05, 0) is 18.4 Å². The molecule has 8 nitrogen and oxygen atoms in total. The molecular weight excluding hydrogens is 250 g/mol. The molecule has 1 unspecified atom stereocenters. The third-order valence-corrected chi connectivity index (χ3v) is 2.79. The number of pyridine rings is 1. The minimum atomic E-state index is -0.508. The summed E-state index contributed by atoms with van der Waals surface area (Å²) in [5.74, 6) is 5.92. The first-order valence-electron chi connectivity index (χ1n) is 5.99. The van der Waals surface area contributed by atoms with Crippen molar-refractivity contribution in [3.05, 3.63) is 22.2 Å². The van der Waals surface area contributed by atoms with Gasteiger partial charge in [-0.15, -0.1) is 0 Å². The molecule has 1 heterocycles. The molecule has 0 fully saturated rings. The zero-order valence-corrected chi connectivity index (χ0v) is 11.0. The Balaban J connectivity index is 3.04. The molecule has 1 atom stereocenters. The predicted octanol–water partition coefficient (Wildman–Crippen LogP) is 1.09. The Labute approximate surface area is 111 Å². The summed E-state index contributed by atoms with van der Waals surface area (Å²) in [5, 5.41) is 23.0. The van der Waals surface area contributed by atoms with Gasteiger partial charge in [-0.25, -0.2) is 10.8 Å². The maximum atomic E-state index is 11.0. The standard InChI is InChI=1S/C11H19N5O3/c1-7(2)8(5-6-17)13-11-9(16(18)19)3-4-10(14-11)15-12/h3-4,7-8,17H,5-6,12H2,1-2H3,(H2,13,14,15). The van der Waals surface area contributed by atoms with Crippen LogP contribution < -0.4 is 16.6 Å². The van der Waals surface area contributed by atoms with E-state index in [2.05, 4.69) is 15.7 Å². The molecule has 0 aliphatic rings. The number of aliphatic hydroxyl groups excluding tert-OH is 1. The number of nitrogens with zero attached hydrogens (tertiary/aromatic N) is 2. The molecule has 0 bridgehead atoms. The molecule has 0 aromatic carbocycles. The highest BCUT2D eigenvalue weighted by Gasteiger charge is 2.21. The van der Waals surface area contributed by atoms with Crippen LogP contribution in [-0.4, -0.2) is 27.7 Å². The minimum absolute atomic E-state index is 0.00151. The second-order valence-electron chi connectivity index (χ2n) is 4.47. The van der Waals surface area contributed by atoms with Gasteiger partial charge in [-0.1, -0.05) is 13.8 Å². The van der Waals surface area contributed by atoms with Crippen LogP contribution in [0.25, 0.3) is 0 Å². The molecule has 0 saturated carbocycles. The van der Waals surface area contributed by atoms with E-state index in [9.17, 15) is 10.1 Å². The lowest BCUT2D eigenvalue weighted by Crippen LogP contribution is -2.28. The fraction of sp³-hybridized carbons (Fsp3) is 0.545. The van der Waals surface area contributed by atoms with Crippen LogP contribution in [0.3, 0.4) is 0 Å². The van der Waals surface area contributed by atoms with Crippen LogP contribution in [-0.2, 0) is 0 Å². The summed E-state index contributed by atoms with van der Waals surface area (Å²) in [7, 11) is 0. The number of rotatable bonds is 7.